The maximum Gasteiger partial charge on any atom is 0.216 e. The van der Waals surface area contributed by atoms with Crippen LogP contribution in [0.5, 0.6) is 5.88 Å². The van der Waals surface area contributed by atoms with Crippen LogP contribution in [-0.2, 0) is 6.42 Å². The number of fused-ring (bicyclic) bond motifs is 1. The molecule has 0 bridgehead atoms. The van der Waals surface area contributed by atoms with Gasteiger partial charge in [0.15, 0.2) is 11.5 Å². The molecule has 0 saturated heterocycles. The van der Waals surface area contributed by atoms with Crippen molar-refractivity contribution >= 4 is 5.65 Å². The highest BCUT2D eigenvalue weighted by atomic mass is 16.5. The summed E-state index contributed by atoms with van der Waals surface area (Å²) in [6.07, 6.45) is 1.96. The van der Waals surface area contributed by atoms with Crippen LogP contribution in [0.3, 0.4) is 0 Å². The third-order valence-electron chi connectivity index (χ3n) is 2.05. The van der Waals surface area contributed by atoms with E-state index in [9.17, 15) is 0 Å². The van der Waals surface area contributed by atoms with Gasteiger partial charge in [-0.15, -0.1) is 5.10 Å². The molecule has 2 rings (SSSR count). The van der Waals surface area contributed by atoms with Crippen molar-refractivity contribution in [2.75, 3.05) is 7.11 Å². The molecule has 0 fully saturated rings. The monoisotopic (exact) mass is 191 g/mol. The molecular weight excluding hydrogens is 178 g/mol. The first kappa shape index (κ1) is 8.99. The van der Waals surface area contributed by atoms with Crippen LogP contribution in [0.15, 0.2) is 18.2 Å². The van der Waals surface area contributed by atoms with Gasteiger partial charge in [0, 0.05) is 12.5 Å². The average Bonchev–Trinajstić information content (AvgIpc) is 2.60. The number of nitrogens with zero attached hydrogens (tertiary/aromatic N) is 3. The Morgan fingerprint density at radius 3 is 3.00 bits per heavy atom. The van der Waals surface area contributed by atoms with E-state index in [0.29, 0.717) is 0 Å². The highest BCUT2D eigenvalue weighted by Crippen LogP contribution is 2.12. The standard InChI is InChI=1S/C10H13N3O/c1-3-5-8-11-9-6-4-7-10(14-2)13(9)12-8/h4,6-7H,3,5H2,1-2H3. The quantitative estimate of drug-likeness (QED) is 0.741. The summed E-state index contributed by atoms with van der Waals surface area (Å²) in [4.78, 5) is 4.38. The Labute approximate surface area is 82.5 Å². The molecule has 4 heteroatoms. The second-order valence-corrected chi connectivity index (χ2v) is 3.12. The fourth-order valence-corrected chi connectivity index (χ4v) is 1.41. The van der Waals surface area contributed by atoms with Crippen molar-refractivity contribution in [1.29, 1.82) is 0 Å². The molecule has 0 radical (unpaired) electrons. The zero-order valence-corrected chi connectivity index (χ0v) is 8.40. The van der Waals surface area contributed by atoms with Gasteiger partial charge in [0.2, 0.25) is 5.88 Å². The van der Waals surface area contributed by atoms with E-state index in [1.165, 1.54) is 0 Å². The van der Waals surface area contributed by atoms with Gasteiger partial charge in [0.05, 0.1) is 7.11 Å². The molecule has 0 spiro atoms. The third kappa shape index (κ3) is 1.43. The Kier molecular flexibility index (Phi) is 2.35. The van der Waals surface area contributed by atoms with Crippen molar-refractivity contribution < 1.29 is 4.74 Å². The summed E-state index contributed by atoms with van der Waals surface area (Å²) in [5, 5.41) is 4.35. The van der Waals surface area contributed by atoms with Gasteiger partial charge >= 0.3 is 0 Å². The number of aryl methyl sites for hydroxylation is 1. The summed E-state index contributed by atoms with van der Waals surface area (Å²) in [5.41, 5.74) is 0.841. The number of hydrogen-bond donors (Lipinski definition) is 0. The Hall–Kier alpha value is -1.58. The molecular formula is C10H13N3O. The van der Waals surface area contributed by atoms with Crippen LogP contribution in [0.2, 0.25) is 0 Å². The van der Waals surface area contributed by atoms with Crippen molar-refractivity contribution in [1.82, 2.24) is 14.6 Å². The minimum absolute atomic E-state index is 0.720. The number of pyridine rings is 1. The van der Waals surface area contributed by atoms with Crippen molar-refractivity contribution in [2.45, 2.75) is 19.8 Å². The summed E-state index contributed by atoms with van der Waals surface area (Å²) in [6.45, 7) is 2.11. The van der Waals surface area contributed by atoms with Gasteiger partial charge in [-0.2, -0.15) is 4.52 Å². The molecule has 0 N–H and O–H groups in total. The lowest BCUT2D eigenvalue weighted by molar-refractivity contribution is 0.385. The third-order valence-corrected chi connectivity index (χ3v) is 2.05. The number of methoxy groups -OCH3 is 1. The van der Waals surface area contributed by atoms with Gasteiger partial charge in [-0.1, -0.05) is 13.0 Å². The molecule has 14 heavy (non-hydrogen) atoms. The van der Waals surface area contributed by atoms with E-state index in [1.807, 2.05) is 18.2 Å². The van der Waals surface area contributed by atoms with Gasteiger partial charge in [0.25, 0.3) is 0 Å². The minimum Gasteiger partial charge on any atom is -0.481 e. The molecule has 74 valence electrons. The van der Waals surface area contributed by atoms with Crippen LogP contribution in [0, 0.1) is 0 Å². The average molecular weight is 191 g/mol. The zero-order chi connectivity index (χ0) is 9.97. The van der Waals surface area contributed by atoms with Crippen LogP contribution in [0.1, 0.15) is 19.2 Å². The van der Waals surface area contributed by atoms with E-state index in [4.69, 9.17) is 4.74 Å². The highest BCUT2D eigenvalue weighted by molar-refractivity contribution is 5.40. The van der Waals surface area contributed by atoms with Crippen molar-refractivity contribution in [3.63, 3.8) is 0 Å². The molecule has 0 aliphatic carbocycles. The molecule has 0 aromatic carbocycles. The van der Waals surface area contributed by atoms with Gasteiger partial charge < -0.3 is 4.74 Å². The van der Waals surface area contributed by atoms with Crippen LogP contribution < -0.4 is 4.74 Å². The Morgan fingerprint density at radius 2 is 2.29 bits per heavy atom. The fraction of sp³-hybridized carbons (Fsp3) is 0.400. The van der Waals surface area contributed by atoms with Crippen LogP contribution >= 0.6 is 0 Å². The van der Waals surface area contributed by atoms with Gasteiger partial charge in [-0.3, -0.25) is 0 Å². The Bertz CT molecular complexity index is 436. The topological polar surface area (TPSA) is 39.4 Å². The Balaban J connectivity index is 2.52. The van der Waals surface area contributed by atoms with E-state index in [2.05, 4.69) is 17.0 Å². The van der Waals surface area contributed by atoms with Crippen molar-refractivity contribution in [3.05, 3.63) is 24.0 Å². The molecule has 0 atom stereocenters. The van der Waals surface area contributed by atoms with Crippen LogP contribution in [0.4, 0.5) is 0 Å². The second-order valence-electron chi connectivity index (χ2n) is 3.12. The molecule has 0 saturated carbocycles. The lowest BCUT2D eigenvalue weighted by Gasteiger charge is -1.99. The number of hydrogen-bond acceptors (Lipinski definition) is 3. The summed E-state index contributed by atoms with van der Waals surface area (Å²) < 4.78 is 6.91. The summed E-state index contributed by atoms with van der Waals surface area (Å²) in [6, 6.07) is 5.71. The predicted octanol–water partition coefficient (Wildman–Crippen LogP) is 1.69. The minimum atomic E-state index is 0.720. The highest BCUT2D eigenvalue weighted by Gasteiger charge is 2.05. The van der Waals surface area contributed by atoms with Gasteiger partial charge in [0.1, 0.15) is 0 Å². The molecule has 2 aromatic rings. The molecule has 0 aliphatic rings. The van der Waals surface area contributed by atoms with E-state index in [0.717, 1.165) is 30.2 Å². The van der Waals surface area contributed by atoms with Crippen molar-refractivity contribution in [3.8, 4) is 5.88 Å². The van der Waals surface area contributed by atoms with Crippen molar-refractivity contribution in [2.24, 2.45) is 0 Å². The maximum absolute atomic E-state index is 5.18. The summed E-state index contributed by atoms with van der Waals surface area (Å²) >= 11 is 0. The first-order valence-corrected chi connectivity index (χ1v) is 4.74. The SMILES string of the molecule is CCCc1nc2cccc(OC)n2n1. The number of aromatic nitrogens is 3. The number of ether oxygens (including phenoxy) is 1. The van der Waals surface area contributed by atoms with Gasteiger partial charge in [-0.05, 0) is 12.5 Å². The summed E-state index contributed by atoms with van der Waals surface area (Å²) in [7, 11) is 1.63. The smallest absolute Gasteiger partial charge is 0.216 e. The fourth-order valence-electron chi connectivity index (χ4n) is 1.41. The molecule has 0 aliphatic heterocycles. The number of rotatable bonds is 3. The normalized spacial score (nSPS) is 10.7. The van der Waals surface area contributed by atoms with Crippen LogP contribution in [0.25, 0.3) is 5.65 Å². The molecule has 4 nitrogen and oxygen atoms in total. The molecule has 0 unspecified atom stereocenters. The zero-order valence-electron chi connectivity index (χ0n) is 8.40. The molecule has 0 amide bonds. The van der Waals surface area contributed by atoms with E-state index in [1.54, 1.807) is 11.6 Å². The summed E-state index contributed by atoms with van der Waals surface area (Å²) in [5.74, 6) is 1.59. The van der Waals surface area contributed by atoms with Crippen LogP contribution in [-0.4, -0.2) is 21.7 Å². The second kappa shape index (κ2) is 3.65. The lowest BCUT2D eigenvalue weighted by Crippen LogP contribution is -1.95. The maximum atomic E-state index is 5.18. The molecule has 2 aromatic heterocycles. The first-order chi connectivity index (χ1) is 6.85. The van der Waals surface area contributed by atoms with Gasteiger partial charge in [-0.25, -0.2) is 4.98 Å². The van der Waals surface area contributed by atoms with E-state index < -0.39 is 0 Å². The Morgan fingerprint density at radius 1 is 1.43 bits per heavy atom. The lowest BCUT2D eigenvalue weighted by atomic mass is 10.3. The van der Waals surface area contributed by atoms with E-state index >= 15 is 0 Å². The van der Waals surface area contributed by atoms with E-state index in [-0.39, 0.29) is 0 Å². The first-order valence-electron chi connectivity index (χ1n) is 4.74. The largest absolute Gasteiger partial charge is 0.481 e. The predicted molar refractivity (Wildman–Crippen MR) is 53.5 cm³/mol. The molecule has 2 heterocycles.